The standard InChI is InChI=1S/C18H21FN4OS/c1-4-22(5-2)17(24)16-11(3)23-14(10-20)15(21-18(23)25-16)12-6-8-13(19)9-7-12/h6-9H,4-5,10,20H2,1-3H3. The van der Waals surface area contributed by atoms with Gasteiger partial charge in [-0.1, -0.05) is 11.3 Å². The minimum Gasteiger partial charge on any atom is -0.338 e. The molecule has 132 valence electrons. The maximum absolute atomic E-state index is 13.2. The number of hydrogen-bond donors (Lipinski definition) is 1. The van der Waals surface area contributed by atoms with Gasteiger partial charge in [-0.05, 0) is 45.0 Å². The highest BCUT2D eigenvalue weighted by atomic mass is 32.1. The van der Waals surface area contributed by atoms with Crippen LogP contribution in [0.4, 0.5) is 4.39 Å². The summed E-state index contributed by atoms with van der Waals surface area (Å²) in [4.78, 5) is 20.6. The van der Waals surface area contributed by atoms with Gasteiger partial charge in [0.1, 0.15) is 10.7 Å². The van der Waals surface area contributed by atoms with Crippen molar-refractivity contribution in [1.29, 1.82) is 0 Å². The molecule has 0 aliphatic carbocycles. The number of rotatable bonds is 5. The van der Waals surface area contributed by atoms with E-state index in [2.05, 4.69) is 4.98 Å². The van der Waals surface area contributed by atoms with Crippen molar-refractivity contribution in [2.75, 3.05) is 13.1 Å². The predicted octanol–water partition coefficient (Wildman–Crippen LogP) is 3.45. The van der Waals surface area contributed by atoms with Crippen molar-refractivity contribution >= 4 is 22.2 Å². The minimum absolute atomic E-state index is 0.0179. The van der Waals surface area contributed by atoms with Crippen LogP contribution < -0.4 is 5.73 Å². The molecule has 1 aromatic carbocycles. The van der Waals surface area contributed by atoms with E-state index in [1.165, 1.54) is 23.5 Å². The van der Waals surface area contributed by atoms with E-state index in [-0.39, 0.29) is 18.3 Å². The number of amides is 1. The molecule has 2 N–H and O–H groups in total. The molecule has 0 saturated carbocycles. The number of carbonyl (C=O) groups excluding carboxylic acids is 1. The number of nitrogens with zero attached hydrogens (tertiary/aromatic N) is 3. The second kappa shape index (κ2) is 6.93. The van der Waals surface area contributed by atoms with Gasteiger partial charge in [-0.2, -0.15) is 0 Å². The number of thiazole rings is 1. The van der Waals surface area contributed by atoms with Gasteiger partial charge in [0.2, 0.25) is 0 Å². The number of fused-ring (bicyclic) bond motifs is 1. The number of halogens is 1. The number of carbonyl (C=O) groups is 1. The summed E-state index contributed by atoms with van der Waals surface area (Å²) in [7, 11) is 0. The molecule has 2 aromatic heterocycles. The number of nitrogens with two attached hydrogens (primary N) is 1. The molecule has 0 spiro atoms. The van der Waals surface area contributed by atoms with E-state index >= 15 is 0 Å². The van der Waals surface area contributed by atoms with Crippen molar-refractivity contribution < 1.29 is 9.18 Å². The van der Waals surface area contributed by atoms with Gasteiger partial charge in [0.25, 0.3) is 5.91 Å². The molecule has 0 aliphatic rings. The molecule has 3 rings (SSSR count). The molecule has 0 unspecified atom stereocenters. The van der Waals surface area contributed by atoms with E-state index in [1.807, 2.05) is 25.2 Å². The number of benzene rings is 1. The molecule has 2 heterocycles. The summed E-state index contributed by atoms with van der Waals surface area (Å²) >= 11 is 1.37. The smallest absolute Gasteiger partial charge is 0.265 e. The van der Waals surface area contributed by atoms with Gasteiger partial charge >= 0.3 is 0 Å². The van der Waals surface area contributed by atoms with Crippen molar-refractivity contribution in [3.8, 4) is 11.3 Å². The van der Waals surface area contributed by atoms with Gasteiger partial charge in [-0.15, -0.1) is 0 Å². The summed E-state index contributed by atoms with van der Waals surface area (Å²) in [5.41, 5.74) is 9.19. The average molecular weight is 360 g/mol. The molecule has 3 aromatic rings. The van der Waals surface area contributed by atoms with Crippen LogP contribution in [0.15, 0.2) is 24.3 Å². The maximum Gasteiger partial charge on any atom is 0.265 e. The maximum atomic E-state index is 13.2. The fraction of sp³-hybridized carbons (Fsp3) is 0.333. The Hall–Kier alpha value is -2.25. The molecular weight excluding hydrogens is 339 g/mol. The van der Waals surface area contributed by atoms with Crippen molar-refractivity contribution in [3.63, 3.8) is 0 Å². The van der Waals surface area contributed by atoms with Crippen LogP contribution in [0.25, 0.3) is 16.2 Å². The summed E-state index contributed by atoms with van der Waals surface area (Å²) in [6.45, 7) is 7.46. The van der Waals surface area contributed by atoms with Gasteiger partial charge in [0, 0.05) is 30.9 Å². The van der Waals surface area contributed by atoms with E-state index in [1.54, 1.807) is 17.0 Å². The van der Waals surface area contributed by atoms with Crippen molar-refractivity contribution in [3.05, 3.63) is 46.3 Å². The summed E-state index contributed by atoms with van der Waals surface area (Å²) < 4.78 is 15.1. The molecule has 0 aliphatic heterocycles. The Morgan fingerprint density at radius 3 is 2.48 bits per heavy atom. The molecule has 7 heteroatoms. The molecule has 0 atom stereocenters. The molecule has 0 radical (unpaired) electrons. The molecule has 0 saturated heterocycles. The highest BCUT2D eigenvalue weighted by Gasteiger charge is 2.24. The van der Waals surface area contributed by atoms with Gasteiger partial charge in [-0.3, -0.25) is 9.20 Å². The Balaban J connectivity index is 2.13. The molecule has 0 fully saturated rings. The molecule has 0 bridgehead atoms. The SMILES string of the molecule is CCN(CC)C(=O)c1sc2nc(-c3ccc(F)cc3)c(CN)n2c1C. The summed E-state index contributed by atoms with van der Waals surface area (Å²) in [6, 6.07) is 6.20. The van der Waals surface area contributed by atoms with Crippen LogP contribution in [-0.4, -0.2) is 33.3 Å². The third kappa shape index (κ3) is 2.94. The summed E-state index contributed by atoms with van der Waals surface area (Å²) in [5, 5.41) is 0. The Morgan fingerprint density at radius 2 is 1.92 bits per heavy atom. The van der Waals surface area contributed by atoms with Crippen LogP contribution in [-0.2, 0) is 6.54 Å². The van der Waals surface area contributed by atoms with E-state index < -0.39 is 0 Å². The normalized spacial score (nSPS) is 11.2. The molecule has 25 heavy (non-hydrogen) atoms. The lowest BCUT2D eigenvalue weighted by Gasteiger charge is -2.17. The molecule has 1 amide bonds. The van der Waals surface area contributed by atoms with Crippen LogP contribution in [0.2, 0.25) is 0 Å². The van der Waals surface area contributed by atoms with Gasteiger partial charge in [0.05, 0.1) is 11.4 Å². The Morgan fingerprint density at radius 1 is 1.28 bits per heavy atom. The number of aromatic nitrogens is 2. The van der Waals surface area contributed by atoms with Crippen molar-refractivity contribution in [1.82, 2.24) is 14.3 Å². The number of imidazole rings is 1. The minimum atomic E-state index is -0.289. The van der Waals surface area contributed by atoms with Gasteiger partial charge in [0.15, 0.2) is 4.96 Å². The lowest BCUT2D eigenvalue weighted by atomic mass is 10.1. The van der Waals surface area contributed by atoms with Crippen LogP contribution in [0, 0.1) is 12.7 Å². The first-order valence-corrected chi connectivity index (χ1v) is 9.09. The average Bonchev–Trinajstić information content (AvgIpc) is 3.13. The van der Waals surface area contributed by atoms with Crippen LogP contribution in [0.5, 0.6) is 0 Å². The molecular formula is C18H21FN4OS. The zero-order chi connectivity index (χ0) is 18.1. The first-order valence-electron chi connectivity index (χ1n) is 8.27. The number of aryl methyl sites for hydroxylation is 1. The first-order chi connectivity index (χ1) is 12.0. The fourth-order valence-corrected chi connectivity index (χ4v) is 4.11. The third-order valence-electron chi connectivity index (χ3n) is 4.36. The first kappa shape index (κ1) is 17.6. The summed E-state index contributed by atoms with van der Waals surface area (Å²) in [6.07, 6.45) is 0. The van der Waals surface area contributed by atoms with Crippen LogP contribution in [0.1, 0.15) is 34.9 Å². The van der Waals surface area contributed by atoms with E-state index in [9.17, 15) is 9.18 Å². The van der Waals surface area contributed by atoms with Crippen molar-refractivity contribution in [2.24, 2.45) is 5.73 Å². The lowest BCUT2D eigenvalue weighted by molar-refractivity contribution is 0.0776. The van der Waals surface area contributed by atoms with E-state index in [0.29, 0.717) is 18.0 Å². The van der Waals surface area contributed by atoms with Crippen LogP contribution >= 0.6 is 11.3 Å². The second-order valence-electron chi connectivity index (χ2n) is 5.73. The zero-order valence-electron chi connectivity index (χ0n) is 14.5. The largest absolute Gasteiger partial charge is 0.338 e. The van der Waals surface area contributed by atoms with Crippen molar-refractivity contribution in [2.45, 2.75) is 27.3 Å². The monoisotopic (exact) mass is 360 g/mol. The highest BCUT2D eigenvalue weighted by molar-refractivity contribution is 7.19. The third-order valence-corrected chi connectivity index (χ3v) is 5.49. The van der Waals surface area contributed by atoms with E-state index in [4.69, 9.17) is 5.73 Å². The predicted molar refractivity (Wildman–Crippen MR) is 98.3 cm³/mol. The second-order valence-corrected chi connectivity index (χ2v) is 6.71. The fourth-order valence-electron chi connectivity index (χ4n) is 2.99. The highest BCUT2D eigenvalue weighted by Crippen LogP contribution is 2.31. The topological polar surface area (TPSA) is 63.6 Å². The van der Waals surface area contributed by atoms with E-state index in [0.717, 1.165) is 27.6 Å². The molecule has 5 nitrogen and oxygen atoms in total. The Kier molecular flexibility index (Phi) is 4.87. The Bertz CT molecular complexity index is 909. The Labute approximate surface area is 149 Å². The van der Waals surface area contributed by atoms with Gasteiger partial charge < -0.3 is 10.6 Å². The number of hydrogen-bond acceptors (Lipinski definition) is 4. The summed E-state index contributed by atoms with van der Waals surface area (Å²) in [5.74, 6) is -0.272. The quantitative estimate of drug-likeness (QED) is 0.758. The van der Waals surface area contributed by atoms with Gasteiger partial charge in [-0.25, -0.2) is 9.37 Å². The zero-order valence-corrected chi connectivity index (χ0v) is 15.4. The van der Waals surface area contributed by atoms with Crippen LogP contribution in [0.3, 0.4) is 0 Å². The lowest BCUT2D eigenvalue weighted by Crippen LogP contribution is -2.30.